The van der Waals surface area contributed by atoms with Gasteiger partial charge in [-0.2, -0.15) is 0 Å². The average molecular weight is 403 g/mol. The van der Waals surface area contributed by atoms with Crippen molar-refractivity contribution >= 4 is 23.6 Å². The summed E-state index contributed by atoms with van der Waals surface area (Å²) in [5, 5.41) is 12.7. The molecule has 0 saturated carbocycles. The number of aliphatic hydroxyl groups is 1. The van der Waals surface area contributed by atoms with Gasteiger partial charge in [-0.05, 0) is 31.9 Å². The molecule has 2 fully saturated rings. The topological polar surface area (TPSA) is 116 Å². The molecule has 1 aromatic carbocycles. The minimum atomic E-state index is -1.11. The molecule has 156 valence electrons. The molecule has 2 atom stereocenters. The van der Waals surface area contributed by atoms with Crippen LogP contribution in [-0.2, 0) is 9.59 Å². The quantitative estimate of drug-likeness (QED) is 0.484. The number of amides is 4. The van der Waals surface area contributed by atoms with Crippen LogP contribution in [0.5, 0.6) is 5.75 Å². The molecule has 2 N–H and O–H groups in total. The molecule has 0 spiro atoms. The van der Waals surface area contributed by atoms with Gasteiger partial charge in [0.2, 0.25) is 5.91 Å². The van der Waals surface area contributed by atoms with Gasteiger partial charge in [0.1, 0.15) is 24.5 Å². The molecule has 2 aliphatic rings. The van der Waals surface area contributed by atoms with Gasteiger partial charge >= 0.3 is 6.03 Å². The Morgan fingerprint density at radius 2 is 2.00 bits per heavy atom. The number of likely N-dealkylation sites (tertiary alicyclic amines) is 1. The highest BCUT2D eigenvalue weighted by molar-refractivity contribution is 6.05. The molecule has 3 rings (SSSR count). The number of β-amino-alcohol motifs (C(OH)–C–C–N with tert-alkyl or cyclic N) is 1. The average Bonchev–Trinajstić information content (AvgIpc) is 3.32. The molecule has 0 aliphatic carbocycles. The van der Waals surface area contributed by atoms with E-state index in [0.717, 1.165) is 17.7 Å². The lowest BCUT2D eigenvalue weighted by atomic mass is 10.1. The van der Waals surface area contributed by atoms with Crippen LogP contribution in [0.25, 0.3) is 0 Å². The highest BCUT2D eigenvalue weighted by Gasteiger charge is 2.40. The van der Waals surface area contributed by atoms with Crippen molar-refractivity contribution in [1.29, 1.82) is 0 Å². The van der Waals surface area contributed by atoms with Gasteiger partial charge in [-0.3, -0.25) is 19.3 Å². The number of carbonyl (C=O) groups excluding carboxylic acids is 4. The third kappa shape index (κ3) is 5.11. The molecule has 2 aliphatic heterocycles. The van der Waals surface area contributed by atoms with Gasteiger partial charge in [0, 0.05) is 18.7 Å². The Hall–Kier alpha value is -2.94. The molecule has 0 aromatic heterocycles. The van der Waals surface area contributed by atoms with E-state index in [1.54, 1.807) is 29.2 Å². The first kappa shape index (κ1) is 20.8. The summed E-state index contributed by atoms with van der Waals surface area (Å²) in [6.45, 7) is 2.40. The van der Waals surface area contributed by atoms with Crippen molar-refractivity contribution in [2.24, 2.45) is 0 Å². The van der Waals surface area contributed by atoms with E-state index in [2.05, 4.69) is 5.32 Å². The first-order valence-corrected chi connectivity index (χ1v) is 9.66. The van der Waals surface area contributed by atoms with Gasteiger partial charge in [-0.15, -0.1) is 0 Å². The Kier molecular flexibility index (Phi) is 6.48. The maximum Gasteiger partial charge on any atom is 0.324 e. The van der Waals surface area contributed by atoms with Crippen molar-refractivity contribution < 1.29 is 29.0 Å². The van der Waals surface area contributed by atoms with Crippen LogP contribution in [0.4, 0.5) is 4.79 Å². The minimum Gasteiger partial charge on any atom is -0.491 e. The summed E-state index contributed by atoms with van der Waals surface area (Å²) in [6, 6.07) is 4.98. The molecule has 9 heteroatoms. The van der Waals surface area contributed by atoms with Crippen molar-refractivity contribution in [1.82, 2.24) is 15.1 Å². The van der Waals surface area contributed by atoms with E-state index in [0.29, 0.717) is 24.4 Å². The molecular formula is C20H25N3O6. The van der Waals surface area contributed by atoms with Gasteiger partial charge in [0.05, 0.1) is 13.0 Å². The molecule has 0 radical (unpaired) electrons. The molecule has 0 unspecified atom stereocenters. The number of benzene rings is 1. The first-order valence-electron chi connectivity index (χ1n) is 9.66. The number of nitrogens with zero attached hydrogens (tertiary/aromatic N) is 2. The number of urea groups is 1. The molecule has 2 saturated heterocycles. The van der Waals surface area contributed by atoms with E-state index in [4.69, 9.17) is 4.74 Å². The SMILES string of the molecule is CC(=O)c1cccc(OC[C@H](O)CN2C(=O)N[C@H](CC(=O)N3CCCC3)C2=O)c1. The third-order valence-corrected chi connectivity index (χ3v) is 5.02. The van der Waals surface area contributed by atoms with E-state index in [1.165, 1.54) is 6.92 Å². The summed E-state index contributed by atoms with van der Waals surface area (Å²) < 4.78 is 5.47. The van der Waals surface area contributed by atoms with Gasteiger partial charge in [-0.25, -0.2) is 4.79 Å². The van der Waals surface area contributed by atoms with Crippen molar-refractivity contribution in [3.05, 3.63) is 29.8 Å². The number of Topliss-reactive ketones (excluding diaryl/α,β-unsaturated/α-hetero) is 1. The summed E-state index contributed by atoms with van der Waals surface area (Å²) in [7, 11) is 0. The smallest absolute Gasteiger partial charge is 0.324 e. The summed E-state index contributed by atoms with van der Waals surface area (Å²) in [5.41, 5.74) is 0.483. The summed E-state index contributed by atoms with van der Waals surface area (Å²) in [4.78, 5) is 50.8. The number of nitrogens with one attached hydrogen (secondary N) is 1. The van der Waals surface area contributed by atoms with E-state index in [9.17, 15) is 24.3 Å². The number of aliphatic hydroxyl groups excluding tert-OH is 1. The van der Waals surface area contributed by atoms with Crippen LogP contribution in [0.1, 0.15) is 36.5 Å². The maximum absolute atomic E-state index is 12.5. The zero-order chi connectivity index (χ0) is 21.0. The molecule has 29 heavy (non-hydrogen) atoms. The number of carbonyl (C=O) groups is 4. The van der Waals surface area contributed by atoms with Crippen molar-refractivity contribution in [2.45, 2.75) is 38.3 Å². The molecular weight excluding hydrogens is 378 g/mol. The highest BCUT2D eigenvalue weighted by atomic mass is 16.5. The number of ketones is 1. The first-order chi connectivity index (χ1) is 13.8. The Morgan fingerprint density at radius 1 is 1.28 bits per heavy atom. The number of hydrogen-bond donors (Lipinski definition) is 2. The molecule has 1 aromatic rings. The van der Waals surface area contributed by atoms with E-state index < -0.39 is 24.1 Å². The third-order valence-electron chi connectivity index (χ3n) is 5.02. The number of ether oxygens (including phenoxy) is 1. The van der Waals surface area contributed by atoms with Crippen molar-refractivity contribution in [3.63, 3.8) is 0 Å². The van der Waals surface area contributed by atoms with Crippen LogP contribution < -0.4 is 10.1 Å². The van der Waals surface area contributed by atoms with Crippen LogP contribution in [0.3, 0.4) is 0 Å². The van der Waals surface area contributed by atoms with Crippen LogP contribution in [-0.4, -0.2) is 76.9 Å². The fraction of sp³-hybridized carbons (Fsp3) is 0.500. The fourth-order valence-electron chi connectivity index (χ4n) is 3.42. The summed E-state index contributed by atoms with van der Waals surface area (Å²) >= 11 is 0. The predicted octanol–water partition coefficient (Wildman–Crippen LogP) is 0.562. The zero-order valence-corrected chi connectivity index (χ0v) is 16.3. The maximum atomic E-state index is 12.5. The van der Waals surface area contributed by atoms with Crippen LogP contribution in [0.2, 0.25) is 0 Å². The number of rotatable bonds is 8. The van der Waals surface area contributed by atoms with Crippen LogP contribution in [0, 0.1) is 0 Å². The monoisotopic (exact) mass is 403 g/mol. The largest absolute Gasteiger partial charge is 0.491 e. The second kappa shape index (κ2) is 9.04. The van der Waals surface area contributed by atoms with Crippen LogP contribution in [0.15, 0.2) is 24.3 Å². The molecule has 9 nitrogen and oxygen atoms in total. The standard InChI is InChI=1S/C20H25N3O6/c1-13(24)14-5-4-6-16(9-14)29-12-15(25)11-23-19(27)17(21-20(23)28)10-18(26)22-7-2-3-8-22/h4-6,9,15,17,25H,2-3,7-8,10-12H2,1H3,(H,21,28)/t15-,17-/m1/s1. The lowest BCUT2D eigenvalue weighted by Gasteiger charge is -2.19. The Bertz CT molecular complexity index is 805. The second-order valence-corrected chi connectivity index (χ2v) is 7.29. The Morgan fingerprint density at radius 3 is 2.69 bits per heavy atom. The van der Waals surface area contributed by atoms with Crippen molar-refractivity contribution in [3.8, 4) is 5.75 Å². The van der Waals surface area contributed by atoms with Gasteiger partial charge in [0.15, 0.2) is 5.78 Å². The summed E-state index contributed by atoms with van der Waals surface area (Å²) in [5.74, 6) is -0.384. The van der Waals surface area contributed by atoms with E-state index in [1.807, 2.05) is 0 Å². The predicted molar refractivity (Wildman–Crippen MR) is 102 cm³/mol. The lowest BCUT2D eigenvalue weighted by molar-refractivity contribution is -0.135. The summed E-state index contributed by atoms with van der Waals surface area (Å²) in [6.07, 6.45) is 0.707. The van der Waals surface area contributed by atoms with Gasteiger partial charge < -0.3 is 20.1 Å². The van der Waals surface area contributed by atoms with Gasteiger partial charge in [0.25, 0.3) is 5.91 Å². The minimum absolute atomic E-state index is 0.0779. The van der Waals surface area contributed by atoms with Crippen LogP contribution >= 0.6 is 0 Å². The molecule has 4 amide bonds. The van der Waals surface area contributed by atoms with E-state index in [-0.39, 0.29) is 31.3 Å². The normalized spacial score (nSPS) is 20.0. The Balaban J connectivity index is 1.50. The lowest BCUT2D eigenvalue weighted by Crippen LogP contribution is -2.41. The molecule has 2 heterocycles. The van der Waals surface area contributed by atoms with Gasteiger partial charge in [-0.1, -0.05) is 12.1 Å². The Labute approximate surface area is 168 Å². The second-order valence-electron chi connectivity index (χ2n) is 7.29. The number of imide groups is 1. The molecule has 0 bridgehead atoms. The fourth-order valence-corrected chi connectivity index (χ4v) is 3.42. The highest BCUT2D eigenvalue weighted by Crippen LogP contribution is 2.16. The zero-order valence-electron chi connectivity index (χ0n) is 16.3. The number of hydrogen-bond acceptors (Lipinski definition) is 6. The van der Waals surface area contributed by atoms with E-state index >= 15 is 0 Å². The van der Waals surface area contributed by atoms with Crippen molar-refractivity contribution in [2.75, 3.05) is 26.2 Å².